The van der Waals surface area contributed by atoms with Gasteiger partial charge in [-0.3, -0.25) is 0 Å². The summed E-state index contributed by atoms with van der Waals surface area (Å²) in [5.41, 5.74) is 2.45. The first-order valence-corrected chi connectivity index (χ1v) is 7.00. The van der Waals surface area contributed by atoms with E-state index in [1.54, 1.807) is 4.90 Å². The molecular weight excluding hydrogens is 234 g/mol. The summed E-state index contributed by atoms with van der Waals surface area (Å²) in [5, 5.41) is 2.62. The summed E-state index contributed by atoms with van der Waals surface area (Å²) < 4.78 is 0. The second kappa shape index (κ2) is 4.07. The Morgan fingerprint density at radius 2 is 1.79 bits per heavy atom. The molecule has 19 heavy (non-hydrogen) atoms. The Hall–Kier alpha value is -1.87. The molecule has 2 heterocycles. The first kappa shape index (κ1) is 11.0. The van der Waals surface area contributed by atoms with E-state index < -0.39 is 0 Å². The minimum atomic E-state index is 1.11. The normalized spacial score (nSPS) is 19.0. The first-order valence-electron chi connectivity index (χ1n) is 7.00. The van der Waals surface area contributed by atoms with Gasteiger partial charge in [0.25, 0.3) is 0 Å². The number of nitrogens with one attached hydrogen (secondary N) is 1. The maximum atomic E-state index is 4.88. The van der Waals surface area contributed by atoms with Gasteiger partial charge in [0.05, 0.1) is 38.9 Å². The molecule has 0 amide bonds. The van der Waals surface area contributed by atoms with Crippen LogP contribution in [0.15, 0.2) is 41.4 Å². The predicted octanol–water partition coefficient (Wildman–Crippen LogP) is 1.06. The van der Waals surface area contributed by atoms with E-state index in [9.17, 15) is 0 Å². The third kappa shape index (κ3) is 1.65. The lowest BCUT2D eigenvalue weighted by molar-refractivity contribution is -0.883. The van der Waals surface area contributed by atoms with Crippen molar-refractivity contribution in [2.24, 2.45) is 4.99 Å². The van der Waals surface area contributed by atoms with Crippen LogP contribution in [0.5, 0.6) is 0 Å². The van der Waals surface area contributed by atoms with E-state index in [4.69, 9.17) is 4.99 Å². The summed E-state index contributed by atoms with van der Waals surface area (Å²) >= 11 is 0. The summed E-state index contributed by atoms with van der Waals surface area (Å²) in [6.45, 7) is 4.61. The van der Waals surface area contributed by atoms with Crippen molar-refractivity contribution < 1.29 is 4.90 Å². The van der Waals surface area contributed by atoms with Gasteiger partial charge >= 0.3 is 0 Å². The molecule has 2 aliphatic heterocycles. The van der Waals surface area contributed by atoms with E-state index in [0.29, 0.717) is 0 Å². The molecule has 3 heteroatoms. The van der Waals surface area contributed by atoms with Gasteiger partial charge in [0.1, 0.15) is 5.84 Å². The van der Waals surface area contributed by atoms with Gasteiger partial charge in [-0.15, -0.1) is 0 Å². The van der Waals surface area contributed by atoms with Crippen molar-refractivity contribution in [3.05, 3.63) is 42.0 Å². The molecule has 0 aromatic heterocycles. The molecule has 96 valence electrons. The van der Waals surface area contributed by atoms with Crippen molar-refractivity contribution in [2.75, 3.05) is 33.2 Å². The summed E-state index contributed by atoms with van der Waals surface area (Å²) in [4.78, 5) is 8.94. The zero-order valence-electron chi connectivity index (χ0n) is 11.2. The van der Waals surface area contributed by atoms with Crippen molar-refractivity contribution in [2.45, 2.75) is 0 Å². The number of benzene rings is 2. The zero-order chi connectivity index (χ0) is 12.8. The van der Waals surface area contributed by atoms with Gasteiger partial charge in [-0.05, 0) is 11.5 Å². The van der Waals surface area contributed by atoms with Crippen LogP contribution in [0, 0.1) is 0 Å². The number of aliphatic imine (C=N–C) groups is 1. The molecule has 0 radical (unpaired) electrons. The number of rotatable bonds is 0. The van der Waals surface area contributed by atoms with Gasteiger partial charge in [-0.1, -0.05) is 30.3 Å². The number of piperazine rings is 1. The van der Waals surface area contributed by atoms with E-state index >= 15 is 0 Å². The largest absolute Gasteiger partial charge is 0.345 e. The van der Waals surface area contributed by atoms with Gasteiger partial charge in [0, 0.05) is 10.9 Å². The van der Waals surface area contributed by atoms with Crippen LogP contribution in [0.4, 0.5) is 5.69 Å². The third-order valence-corrected chi connectivity index (χ3v) is 4.27. The average Bonchev–Trinajstić information content (AvgIpc) is 2.82. The second-order valence-electron chi connectivity index (χ2n) is 5.56. The number of amidine groups is 1. The van der Waals surface area contributed by atoms with E-state index in [-0.39, 0.29) is 0 Å². The number of likely N-dealkylation sites (N-methyl/N-ethyl adjacent to an activating group) is 1. The molecule has 0 atom stereocenters. The highest BCUT2D eigenvalue weighted by molar-refractivity contribution is 6.18. The maximum Gasteiger partial charge on any atom is 0.137 e. The first-order chi connectivity index (χ1) is 9.33. The minimum absolute atomic E-state index is 1.11. The Balaban J connectivity index is 1.79. The predicted molar refractivity (Wildman–Crippen MR) is 78.3 cm³/mol. The van der Waals surface area contributed by atoms with Crippen LogP contribution in [0.1, 0.15) is 5.56 Å². The monoisotopic (exact) mass is 252 g/mol. The molecular formula is C16H18N3+. The standard InChI is InChI=1S/C16H17N3/c1-18-8-10-19(11-9-18)16-13-6-2-4-12-5-3-7-14(17-16)15(12)13/h2-7H,8-11H2,1H3/p+1. The molecule has 2 aliphatic rings. The highest BCUT2D eigenvalue weighted by atomic mass is 15.3. The van der Waals surface area contributed by atoms with E-state index in [2.05, 4.69) is 48.3 Å². The highest BCUT2D eigenvalue weighted by Gasteiger charge is 2.26. The molecule has 0 aliphatic carbocycles. The SMILES string of the molecule is C[NH+]1CCN(C2=Nc3cccc4cccc2c34)CC1. The number of nitrogens with zero attached hydrogens (tertiary/aromatic N) is 2. The maximum absolute atomic E-state index is 4.88. The summed E-state index contributed by atoms with van der Waals surface area (Å²) in [6, 6.07) is 12.9. The van der Waals surface area contributed by atoms with Crippen LogP contribution in [0.2, 0.25) is 0 Å². The number of hydrogen-bond donors (Lipinski definition) is 1. The van der Waals surface area contributed by atoms with Crippen molar-refractivity contribution in [3.63, 3.8) is 0 Å². The van der Waals surface area contributed by atoms with E-state index in [0.717, 1.165) is 18.8 Å². The molecule has 1 fully saturated rings. The number of quaternary nitrogens is 1. The molecule has 0 saturated carbocycles. The quantitative estimate of drug-likeness (QED) is 0.743. The van der Waals surface area contributed by atoms with Crippen LogP contribution < -0.4 is 4.90 Å². The van der Waals surface area contributed by atoms with Crippen molar-refractivity contribution in [1.29, 1.82) is 0 Å². The van der Waals surface area contributed by atoms with Gasteiger partial charge in [-0.2, -0.15) is 0 Å². The van der Waals surface area contributed by atoms with E-state index in [1.165, 1.54) is 35.3 Å². The molecule has 3 nitrogen and oxygen atoms in total. The topological polar surface area (TPSA) is 20.0 Å². The van der Waals surface area contributed by atoms with Crippen LogP contribution >= 0.6 is 0 Å². The van der Waals surface area contributed by atoms with Gasteiger partial charge in [0.2, 0.25) is 0 Å². The Morgan fingerprint density at radius 1 is 1.05 bits per heavy atom. The molecule has 0 spiro atoms. The van der Waals surface area contributed by atoms with Crippen molar-refractivity contribution in [3.8, 4) is 0 Å². The summed E-state index contributed by atoms with van der Waals surface area (Å²) in [7, 11) is 2.27. The molecule has 1 saturated heterocycles. The number of hydrogen-bond acceptors (Lipinski definition) is 2. The lowest BCUT2D eigenvalue weighted by Gasteiger charge is -2.31. The second-order valence-corrected chi connectivity index (χ2v) is 5.56. The van der Waals surface area contributed by atoms with Gasteiger partial charge in [-0.25, -0.2) is 4.99 Å². The fraction of sp³-hybridized carbons (Fsp3) is 0.312. The van der Waals surface area contributed by atoms with E-state index in [1.807, 2.05) is 0 Å². The third-order valence-electron chi connectivity index (χ3n) is 4.27. The van der Waals surface area contributed by atoms with Gasteiger partial charge in [0.15, 0.2) is 0 Å². The average molecular weight is 252 g/mol. The molecule has 0 bridgehead atoms. The molecule has 0 unspecified atom stereocenters. The Labute approximate surface area is 113 Å². The van der Waals surface area contributed by atoms with Crippen LogP contribution in [-0.2, 0) is 0 Å². The molecule has 1 N–H and O–H groups in total. The van der Waals surface area contributed by atoms with Crippen LogP contribution in [0.25, 0.3) is 10.8 Å². The zero-order valence-corrected chi connectivity index (χ0v) is 11.2. The Bertz CT molecular complexity index is 661. The summed E-state index contributed by atoms with van der Waals surface area (Å²) in [6.07, 6.45) is 0. The Kier molecular flexibility index (Phi) is 2.35. The smallest absolute Gasteiger partial charge is 0.137 e. The van der Waals surface area contributed by atoms with Crippen LogP contribution in [0.3, 0.4) is 0 Å². The van der Waals surface area contributed by atoms with Crippen LogP contribution in [-0.4, -0.2) is 44.0 Å². The molecule has 4 rings (SSSR count). The lowest BCUT2D eigenvalue weighted by atomic mass is 10.0. The fourth-order valence-electron chi connectivity index (χ4n) is 3.12. The highest BCUT2D eigenvalue weighted by Crippen LogP contribution is 2.35. The minimum Gasteiger partial charge on any atom is -0.345 e. The molecule has 2 aromatic carbocycles. The summed E-state index contributed by atoms with van der Waals surface area (Å²) in [5.74, 6) is 1.18. The Morgan fingerprint density at radius 3 is 2.58 bits per heavy atom. The van der Waals surface area contributed by atoms with Gasteiger partial charge < -0.3 is 9.80 Å². The molecule has 2 aromatic rings. The fourth-order valence-corrected chi connectivity index (χ4v) is 3.12. The van der Waals surface area contributed by atoms with Crippen molar-refractivity contribution in [1.82, 2.24) is 4.90 Å². The lowest BCUT2D eigenvalue weighted by Crippen LogP contribution is -3.12. The van der Waals surface area contributed by atoms with Crippen molar-refractivity contribution >= 4 is 22.3 Å².